The lowest BCUT2D eigenvalue weighted by molar-refractivity contribution is 0.669. The summed E-state index contributed by atoms with van der Waals surface area (Å²) in [6.45, 7) is 0. The van der Waals surface area contributed by atoms with Crippen LogP contribution in [0.3, 0.4) is 0 Å². The van der Waals surface area contributed by atoms with Crippen molar-refractivity contribution in [1.82, 2.24) is 15.0 Å². The molecule has 2 heterocycles. The number of benzene rings is 8. The number of aromatic nitrogens is 3. The molecular formula is C51H33N3O. The van der Waals surface area contributed by atoms with E-state index in [1.165, 1.54) is 11.1 Å². The normalized spacial score (nSPS) is 11.3. The van der Waals surface area contributed by atoms with Gasteiger partial charge in [-0.1, -0.05) is 182 Å². The van der Waals surface area contributed by atoms with Crippen molar-refractivity contribution < 1.29 is 4.42 Å². The molecule has 0 spiro atoms. The Hall–Kier alpha value is -7.43. The van der Waals surface area contributed by atoms with Gasteiger partial charge in [0.15, 0.2) is 17.5 Å². The molecule has 0 aliphatic carbocycles. The van der Waals surface area contributed by atoms with E-state index < -0.39 is 0 Å². The number of hydrogen-bond acceptors (Lipinski definition) is 4. The fraction of sp³-hybridized carbons (Fsp3) is 0. The number of fused-ring (bicyclic) bond motifs is 3. The van der Waals surface area contributed by atoms with E-state index in [4.69, 9.17) is 19.4 Å². The van der Waals surface area contributed by atoms with Gasteiger partial charge in [0.2, 0.25) is 0 Å². The maximum atomic E-state index is 6.20. The fourth-order valence-electron chi connectivity index (χ4n) is 7.41. The highest BCUT2D eigenvalue weighted by Gasteiger charge is 2.18. The summed E-state index contributed by atoms with van der Waals surface area (Å²) >= 11 is 0. The topological polar surface area (TPSA) is 51.8 Å². The molecule has 10 rings (SSSR count). The maximum Gasteiger partial charge on any atom is 0.164 e. The molecule has 4 heteroatoms. The van der Waals surface area contributed by atoms with Crippen LogP contribution >= 0.6 is 0 Å². The van der Waals surface area contributed by atoms with Crippen LogP contribution in [-0.4, -0.2) is 15.0 Å². The van der Waals surface area contributed by atoms with E-state index in [9.17, 15) is 0 Å². The van der Waals surface area contributed by atoms with Crippen LogP contribution in [0.15, 0.2) is 205 Å². The Bertz CT molecular complexity index is 2950. The lowest BCUT2D eigenvalue weighted by Crippen LogP contribution is -2.02. The molecule has 0 N–H and O–H groups in total. The summed E-state index contributed by atoms with van der Waals surface area (Å²) in [5.74, 6) is 1.84. The van der Waals surface area contributed by atoms with Gasteiger partial charge >= 0.3 is 0 Å². The molecular weight excluding hydrogens is 671 g/mol. The highest BCUT2D eigenvalue weighted by Crippen LogP contribution is 2.37. The second-order valence-corrected chi connectivity index (χ2v) is 13.6. The fourth-order valence-corrected chi connectivity index (χ4v) is 7.41. The number of rotatable bonds is 7. The smallest absolute Gasteiger partial charge is 0.164 e. The second-order valence-electron chi connectivity index (χ2n) is 13.6. The van der Waals surface area contributed by atoms with Crippen LogP contribution in [0.2, 0.25) is 0 Å². The third-order valence-electron chi connectivity index (χ3n) is 10.2. The minimum absolute atomic E-state index is 0.608. The van der Waals surface area contributed by atoms with E-state index in [1.807, 2.05) is 42.5 Å². The number of para-hydroxylation sites is 1. The van der Waals surface area contributed by atoms with Crippen LogP contribution < -0.4 is 0 Å². The predicted molar refractivity (Wildman–Crippen MR) is 225 cm³/mol. The average molecular weight is 704 g/mol. The number of hydrogen-bond donors (Lipinski definition) is 0. The van der Waals surface area contributed by atoms with E-state index in [-0.39, 0.29) is 0 Å². The Labute approximate surface area is 319 Å². The highest BCUT2D eigenvalue weighted by atomic mass is 16.3. The summed E-state index contributed by atoms with van der Waals surface area (Å²) in [7, 11) is 0. The van der Waals surface area contributed by atoms with Gasteiger partial charge in [0, 0.05) is 27.5 Å². The standard InChI is InChI=1S/C51H33N3O/c1-3-13-34(14-4-1)35-23-27-38(28-24-35)42-18-8-10-21-46(42)51-53-49(52-50(54-51)45-20-9-7-17-41(45)37-15-5-2-6-16-37)39-29-25-36(26-30-39)40-31-32-44-43-19-11-12-22-47(43)55-48(44)33-40/h1-33H. The Balaban J connectivity index is 1.09. The summed E-state index contributed by atoms with van der Waals surface area (Å²) < 4.78 is 6.20. The van der Waals surface area contributed by atoms with Crippen LogP contribution in [0, 0.1) is 0 Å². The van der Waals surface area contributed by atoms with Crippen molar-refractivity contribution in [3.8, 4) is 78.7 Å². The molecule has 0 bridgehead atoms. The number of furan rings is 1. The zero-order valence-corrected chi connectivity index (χ0v) is 29.8. The maximum absolute atomic E-state index is 6.20. The summed E-state index contributed by atoms with van der Waals surface area (Å²) in [5.41, 5.74) is 13.4. The molecule has 0 atom stereocenters. The zero-order chi connectivity index (χ0) is 36.6. The van der Waals surface area contributed by atoms with Gasteiger partial charge < -0.3 is 4.42 Å². The third-order valence-corrected chi connectivity index (χ3v) is 10.2. The van der Waals surface area contributed by atoms with Crippen molar-refractivity contribution in [3.05, 3.63) is 200 Å². The Morgan fingerprint density at radius 1 is 0.255 bits per heavy atom. The van der Waals surface area contributed by atoms with Gasteiger partial charge in [-0.25, -0.2) is 15.0 Å². The minimum atomic E-state index is 0.608. The SMILES string of the molecule is c1ccc(-c2ccc(-c3ccccc3-c3nc(-c4ccc(-c5ccc6c(c5)oc5ccccc56)cc4)nc(-c4ccccc4-c4ccccc4)n3)cc2)cc1. The van der Waals surface area contributed by atoms with Gasteiger partial charge in [0.05, 0.1) is 0 Å². The van der Waals surface area contributed by atoms with Gasteiger partial charge in [-0.3, -0.25) is 0 Å². The third kappa shape index (κ3) is 6.16. The molecule has 8 aromatic carbocycles. The van der Waals surface area contributed by atoms with E-state index in [1.54, 1.807) is 0 Å². The second kappa shape index (κ2) is 13.8. The predicted octanol–water partition coefficient (Wildman–Crippen LogP) is 13.4. The largest absolute Gasteiger partial charge is 0.456 e. The Morgan fingerprint density at radius 2 is 0.655 bits per heavy atom. The zero-order valence-electron chi connectivity index (χ0n) is 29.8. The lowest BCUT2D eigenvalue weighted by atomic mass is 9.96. The first-order chi connectivity index (χ1) is 27.2. The summed E-state index contributed by atoms with van der Waals surface area (Å²) in [6.07, 6.45) is 0. The quantitative estimate of drug-likeness (QED) is 0.166. The molecule has 4 nitrogen and oxygen atoms in total. The minimum Gasteiger partial charge on any atom is -0.456 e. The molecule has 0 unspecified atom stereocenters. The van der Waals surface area contributed by atoms with Crippen molar-refractivity contribution in [2.45, 2.75) is 0 Å². The van der Waals surface area contributed by atoms with Crippen LogP contribution in [0.1, 0.15) is 0 Å². The molecule has 0 saturated carbocycles. The van der Waals surface area contributed by atoms with Crippen molar-refractivity contribution >= 4 is 21.9 Å². The first-order valence-corrected chi connectivity index (χ1v) is 18.4. The first kappa shape index (κ1) is 32.2. The first-order valence-electron chi connectivity index (χ1n) is 18.4. The van der Waals surface area contributed by atoms with E-state index in [0.717, 1.165) is 72.0 Å². The average Bonchev–Trinajstić information content (AvgIpc) is 3.65. The monoisotopic (exact) mass is 703 g/mol. The number of nitrogens with zero attached hydrogens (tertiary/aromatic N) is 3. The Kier molecular flexibility index (Phi) is 8.12. The van der Waals surface area contributed by atoms with E-state index in [0.29, 0.717) is 17.5 Å². The molecule has 0 radical (unpaired) electrons. The molecule has 0 aliphatic heterocycles. The van der Waals surface area contributed by atoms with Crippen molar-refractivity contribution in [2.24, 2.45) is 0 Å². The van der Waals surface area contributed by atoms with Crippen molar-refractivity contribution in [3.63, 3.8) is 0 Å². The molecule has 258 valence electrons. The molecule has 0 aliphatic rings. The Morgan fingerprint density at radius 3 is 1.29 bits per heavy atom. The molecule has 55 heavy (non-hydrogen) atoms. The van der Waals surface area contributed by atoms with Crippen LogP contribution in [0.5, 0.6) is 0 Å². The van der Waals surface area contributed by atoms with E-state index >= 15 is 0 Å². The summed E-state index contributed by atoms with van der Waals surface area (Å²) in [6, 6.07) is 69.3. The van der Waals surface area contributed by atoms with Gasteiger partial charge in [0.1, 0.15) is 11.2 Å². The highest BCUT2D eigenvalue weighted by molar-refractivity contribution is 6.05. The lowest BCUT2D eigenvalue weighted by Gasteiger charge is -2.14. The van der Waals surface area contributed by atoms with Gasteiger partial charge in [-0.15, -0.1) is 0 Å². The summed E-state index contributed by atoms with van der Waals surface area (Å²) in [4.78, 5) is 15.6. The van der Waals surface area contributed by atoms with Gasteiger partial charge in [0.25, 0.3) is 0 Å². The van der Waals surface area contributed by atoms with Crippen molar-refractivity contribution in [2.75, 3.05) is 0 Å². The van der Waals surface area contributed by atoms with Gasteiger partial charge in [-0.05, 0) is 62.7 Å². The van der Waals surface area contributed by atoms with Crippen LogP contribution in [0.25, 0.3) is 101 Å². The van der Waals surface area contributed by atoms with Gasteiger partial charge in [-0.2, -0.15) is 0 Å². The molecule has 0 amide bonds. The van der Waals surface area contributed by atoms with Crippen molar-refractivity contribution in [1.29, 1.82) is 0 Å². The van der Waals surface area contributed by atoms with E-state index in [2.05, 4.69) is 158 Å². The van der Waals surface area contributed by atoms with Crippen LogP contribution in [0.4, 0.5) is 0 Å². The molecule has 0 fully saturated rings. The molecule has 2 aromatic heterocycles. The molecule has 0 saturated heterocycles. The summed E-state index contributed by atoms with van der Waals surface area (Å²) in [5, 5.41) is 2.24. The van der Waals surface area contributed by atoms with Crippen LogP contribution in [-0.2, 0) is 0 Å². The molecule has 10 aromatic rings.